The van der Waals surface area contributed by atoms with Crippen molar-refractivity contribution >= 4 is 17.3 Å². The van der Waals surface area contributed by atoms with E-state index in [9.17, 15) is 14.9 Å². The third-order valence-electron chi connectivity index (χ3n) is 2.84. The highest BCUT2D eigenvalue weighted by Gasteiger charge is 2.20. The molecule has 0 atom stereocenters. The summed E-state index contributed by atoms with van der Waals surface area (Å²) in [7, 11) is 0. The van der Waals surface area contributed by atoms with Crippen LogP contribution < -0.4 is 16.6 Å². The number of rotatable bonds is 6. The molecule has 0 radical (unpaired) electrons. The second-order valence-corrected chi connectivity index (χ2v) is 4.22. The zero-order valence-electron chi connectivity index (χ0n) is 11.0. The Balaban J connectivity index is 2.08. The van der Waals surface area contributed by atoms with Crippen molar-refractivity contribution in [1.29, 1.82) is 0 Å². The van der Waals surface area contributed by atoms with Crippen LogP contribution in [0.5, 0.6) is 0 Å². The normalized spacial score (nSPS) is 10.1. The molecule has 0 saturated heterocycles. The van der Waals surface area contributed by atoms with Gasteiger partial charge in [0.25, 0.3) is 11.6 Å². The van der Waals surface area contributed by atoms with Gasteiger partial charge in [-0.05, 0) is 12.1 Å². The number of nitrogens with two attached hydrogens (primary N) is 1. The Bertz CT molecular complexity index is 640. The molecule has 1 aromatic carbocycles. The van der Waals surface area contributed by atoms with Crippen LogP contribution in [0.3, 0.4) is 0 Å². The van der Waals surface area contributed by atoms with Gasteiger partial charge in [-0.25, -0.2) is 4.98 Å². The van der Waals surface area contributed by atoms with E-state index in [0.29, 0.717) is 18.7 Å². The molecular weight excluding hydrogens is 276 g/mol. The van der Waals surface area contributed by atoms with E-state index in [-0.39, 0.29) is 11.3 Å². The lowest BCUT2D eigenvalue weighted by Gasteiger charge is -2.07. The lowest BCUT2D eigenvalue weighted by atomic mass is 10.1. The Morgan fingerprint density at radius 3 is 2.90 bits per heavy atom. The molecule has 0 aliphatic heterocycles. The van der Waals surface area contributed by atoms with Crippen molar-refractivity contribution in [1.82, 2.24) is 15.3 Å². The lowest BCUT2D eigenvalue weighted by Crippen LogP contribution is -2.26. The van der Waals surface area contributed by atoms with Crippen LogP contribution in [-0.4, -0.2) is 27.3 Å². The molecule has 0 saturated carbocycles. The Morgan fingerprint density at radius 2 is 2.29 bits per heavy atom. The summed E-state index contributed by atoms with van der Waals surface area (Å²) in [5.41, 5.74) is 3.32. The number of anilines is 1. The third kappa shape index (κ3) is 3.54. The van der Waals surface area contributed by atoms with Gasteiger partial charge in [-0.3, -0.25) is 20.8 Å². The number of aromatic nitrogens is 2. The topological polar surface area (TPSA) is 139 Å². The molecule has 0 spiro atoms. The Morgan fingerprint density at radius 1 is 1.48 bits per heavy atom. The highest BCUT2D eigenvalue weighted by Crippen LogP contribution is 2.22. The van der Waals surface area contributed by atoms with E-state index in [1.807, 2.05) is 0 Å². The second kappa shape index (κ2) is 6.48. The number of nitro groups is 1. The van der Waals surface area contributed by atoms with E-state index in [2.05, 4.69) is 20.7 Å². The second-order valence-electron chi connectivity index (χ2n) is 4.22. The fourth-order valence-corrected chi connectivity index (χ4v) is 1.79. The minimum absolute atomic E-state index is 0.0416. The van der Waals surface area contributed by atoms with Gasteiger partial charge in [0, 0.05) is 36.6 Å². The minimum atomic E-state index is -0.607. The van der Waals surface area contributed by atoms with Gasteiger partial charge in [-0.2, -0.15) is 0 Å². The van der Waals surface area contributed by atoms with Crippen molar-refractivity contribution < 1.29 is 9.72 Å². The standard InChI is InChI=1S/C12H14N6O3/c13-17-8-1-2-11(18(20)21)10(5-8)12(19)15-4-3-9-6-14-7-16-9/h1-2,5-7,17H,3-4,13H2,(H,14,16)(H,15,19). The number of nitrogens with one attached hydrogen (secondary N) is 3. The number of amides is 1. The average Bonchev–Trinajstić information content (AvgIpc) is 2.99. The highest BCUT2D eigenvalue weighted by atomic mass is 16.6. The molecule has 0 aliphatic carbocycles. The maximum Gasteiger partial charge on any atom is 0.282 e. The molecule has 0 fully saturated rings. The van der Waals surface area contributed by atoms with Crippen LogP contribution in [0.1, 0.15) is 16.1 Å². The van der Waals surface area contributed by atoms with Gasteiger partial charge >= 0.3 is 0 Å². The SMILES string of the molecule is NNc1ccc([N+](=O)[O-])c(C(=O)NCCc2cnc[nH]2)c1. The van der Waals surface area contributed by atoms with E-state index in [1.54, 1.807) is 12.5 Å². The first kappa shape index (κ1) is 14.5. The average molecular weight is 290 g/mol. The Hall–Kier alpha value is -2.94. The van der Waals surface area contributed by atoms with Gasteiger partial charge < -0.3 is 15.7 Å². The quantitative estimate of drug-likeness (QED) is 0.348. The summed E-state index contributed by atoms with van der Waals surface area (Å²) in [6.07, 6.45) is 3.74. The van der Waals surface area contributed by atoms with E-state index < -0.39 is 10.8 Å². The highest BCUT2D eigenvalue weighted by molar-refractivity contribution is 5.99. The molecule has 0 unspecified atom stereocenters. The largest absolute Gasteiger partial charge is 0.351 e. The lowest BCUT2D eigenvalue weighted by molar-refractivity contribution is -0.385. The maximum absolute atomic E-state index is 12.1. The summed E-state index contributed by atoms with van der Waals surface area (Å²) in [4.78, 5) is 29.2. The Kier molecular flexibility index (Phi) is 4.46. The fourth-order valence-electron chi connectivity index (χ4n) is 1.79. The molecular formula is C12H14N6O3. The smallest absolute Gasteiger partial charge is 0.282 e. The number of benzene rings is 1. The summed E-state index contributed by atoms with van der Waals surface area (Å²) < 4.78 is 0. The first-order chi connectivity index (χ1) is 10.1. The first-order valence-electron chi connectivity index (χ1n) is 6.12. The third-order valence-corrected chi connectivity index (χ3v) is 2.84. The summed E-state index contributed by atoms with van der Waals surface area (Å²) in [6, 6.07) is 4.00. The van der Waals surface area contributed by atoms with Gasteiger partial charge in [-0.1, -0.05) is 0 Å². The van der Waals surface area contributed by atoms with Gasteiger partial charge in [0.2, 0.25) is 0 Å². The number of carbonyl (C=O) groups excluding carboxylic acids is 1. The maximum atomic E-state index is 12.1. The number of hydrogen-bond acceptors (Lipinski definition) is 6. The number of aromatic amines is 1. The molecule has 1 aromatic heterocycles. The number of nitrogen functional groups attached to an aromatic ring is 1. The van der Waals surface area contributed by atoms with Crippen LogP contribution >= 0.6 is 0 Å². The van der Waals surface area contributed by atoms with Crippen LogP contribution in [0.4, 0.5) is 11.4 Å². The molecule has 21 heavy (non-hydrogen) atoms. The number of hydrazine groups is 1. The van der Waals surface area contributed by atoms with Crippen LogP contribution in [0, 0.1) is 10.1 Å². The van der Waals surface area contributed by atoms with Gasteiger partial charge in [0.05, 0.1) is 11.3 Å². The number of carbonyl (C=O) groups is 1. The van der Waals surface area contributed by atoms with Crippen LogP contribution in [0.15, 0.2) is 30.7 Å². The zero-order valence-corrected chi connectivity index (χ0v) is 11.0. The van der Waals surface area contributed by atoms with Crippen molar-refractivity contribution in [2.75, 3.05) is 12.0 Å². The molecule has 0 bridgehead atoms. The van der Waals surface area contributed by atoms with Gasteiger partial charge in [0.1, 0.15) is 5.56 Å². The molecule has 2 rings (SSSR count). The number of hydrogen-bond donors (Lipinski definition) is 4. The van der Waals surface area contributed by atoms with Crippen molar-refractivity contribution in [2.24, 2.45) is 5.84 Å². The van der Waals surface area contributed by atoms with Crippen molar-refractivity contribution in [3.05, 3.63) is 52.1 Å². The summed E-state index contributed by atoms with van der Waals surface area (Å²) in [5, 5.41) is 13.6. The minimum Gasteiger partial charge on any atom is -0.351 e. The van der Waals surface area contributed by atoms with Crippen molar-refractivity contribution in [3.8, 4) is 0 Å². The molecule has 5 N–H and O–H groups in total. The molecule has 9 nitrogen and oxygen atoms in total. The molecule has 0 aliphatic rings. The molecule has 1 heterocycles. The summed E-state index contributed by atoms with van der Waals surface area (Å²) in [6.45, 7) is 0.332. The number of nitrogens with zero attached hydrogens (tertiary/aromatic N) is 2. The summed E-state index contributed by atoms with van der Waals surface area (Å²) in [5.74, 6) is 4.72. The predicted molar refractivity (Wildman–Crippen MR) is 75.5 cm³/mol. The number of nitro benzene ring substituents is 1. The predicted octanol–water partition coefficient (Wildman–Crippen LogP) is 0.576. The monoisotopic (exact) mass is 290 g/mol. The molecule has 110 valence electrons. The van der Waals surface area contributed by atoms with Gasteiger partial charge in [0.15, 0.2) is 0 Å². The Labute approximate surface area is 119 Å². The molecule has 9 heteroatoms. The zero-order chi connectivity index (χ0) is 15.2. The fraction of sp³-hybridized carbons (Fsp3) is 0.167. The van der Waals surface area contributed by atoms with Crippen LogP contribution in [0.2, 0.25) is 0 Å². The molecule has 1 amide bonds. The van der Waals surface area contributed by atoms with Crippen LogP contribution in [-0.2, 0) is 6.42 Å². The van der Waals surface area contributed by atoms with E-state index in [0.717, 1.165) is 5.69 Å². The number of imidazole rings is 1. The number of H-pyrrole nitrogens is 1. The van der Waals surface area contributed by atoms with Gasteiger partial charge in [-0.15, -0.1) is 0 Å². The summed E-state index contributed by atoms with van der Waals surface area (Å²) >= 11 is 0. The van der Waals surface area contributed by atoms with E-state index in [4.69, 9.17) is 5.84 Å². The van der Waals surface area contributed by atoms with E-state index in [1.165, 1.54) is 18.2 Å². The molecule has 2 aromatic rings. The first-order valence-corrected chi connectivity index (χ1v) is 6.12. The van der Waals surface area contributed by atoms with Crippen molar-refractivity contribution in [2.45, 2.75) is 6.42 Å². The van der Waals surface area contributed by atoms with Crippen molar-refractivity contribution in [3.63, 3.8) is 0 Å². The van der Waals surface area contributed by atoms with Crippen LogP contribution in [0.25, 0.3) is 0 Å². The van der Waals surface area contributed by atoms with E-state index >= 15 is 0 Å².